The Kier molecular flexibility index (Phi) is 11.3. The lowest BCUT2D eigenvalue weighted by molar-refractivity contribution is -0.115. The molecule has 1 aliphatic carbocycles. The number of carbonyl (C=O) groups excluding carboxylic acids is 2. The van der Waals surface area contributed by atoms with E-state index < -0.39 is 6.10 Å². The second-order valence-electron chi connectivity index (χ2n) is 8.67. The first-order valence-electron chi connectivity index (χ1n) is 10.9. The minimum Gasteiger partial charge on any atom is -0.389 e. The van der Waals surface area contributed by atoms with E-state index in [1.54, 1.807) is 6.92 Å². The summed E-state index contributed by atoms with van der Waals surface area (Å²) in [6.45, 7) is 12.1. The highest BCUT2D eigenvalue weighted by molar-refractivity contribution is 6.19. The summed E-state index contributed by atoms with van der Waals surface area (Å²) >= 11 is 0. The van der Waals surface area contributed by atoms with E-state index in [0.29, 0.717) is 24.0 Å². The number of ketones is 2. The van der Waals surface area contributed by atoms with Crippen molar-refractivity contribution in [1.82, 2.24) is 0 Å². The summed E-state index contributed by atoms with van der Waals surface area (Å²) in [5.41, 5.74) is 5.99. The van der Waals surface area contributed by atoms with Crippen LogP contribution in [0.3, 0.4) is 0 Å². The van der Waals surface area contributed by atoms with Gasteiger partial charge in [-0.3, -0.25) is 9.59 Å². The SMILES string of the molecule is CC(C)=CCC/C(C)=C/[C@@H](O)C/C(C)=C/CC/C(C)=C/CC1=CC(=O)C(C)=CC1=O. The molecule has 0 saturated carbocycles. The number of hydrogen-bond donors (Lipinski definition) is 1. The molecule has 0 aliphatic heterocycles. The number of hydrogen-bond acceptors (Lipinski definition) is 3. The smallest absolute Gasteiger partial charge is 0.182 e. The third kappa shape index (κ3) is 10.5. The maximum atomic E-state index is 12.0. The Morgan fingerprint density at radius 1 is 0.867 bits per heavy atom. The largest absolute Gasteiger partial charge is 0.389 e. The molecular weight excluding hydrogens is 372 g/mol. The Balaban J connectivity index is 2.44. The van der Waals surface area contributed by atoms with Crippen LogP contribution in [0.5, 0.6) is 0 Å². The van der Waals surface area contributed by atoms with E-state index in [1.807, 2.05) is 19.1 Å². The summed E-state index contributed by atoms with van der Waals surface area (Å²) in [6.07, 6.45) is 15.8. The van der Waals surface area contributed by atoms with Gasteiger partial charge in [0.05, 0.1) is 6.10 Å². The van der Waals surface area contributed by atoms with Crippen molar-refractivity contribution in [3.05, 3.63) is 69.9 Å². The summed E-state index contributed by atoms with van der Waals surface area (Å²) in [6, 6.07) is 0. The second-order valence-corrected chi connectivity index (χ2v) is 8.67. The van der Waals surface area contributed by atoms with Crippen LogP contribution in [0.4, 0.5) is 0 Å². The van der Waals surface area contributed by atoms with Crippen LogP contribution in [0.25, 0.3) is 0 Å². The molecule has 0 aromatic rings. The summed E-state index contributed by atoms with van der Waals surface area (Å²) in [4.78, 5) is 23.7. The zero-order valence-corrected chi connectivity index (χ0v) is 19.5. The van der Waals surface area contributed by atoms with E-state index in [-0.39, 0.29) is 11.6 Å². The number of allylic oxidation sites excluding steroid dienone is 10. The van der Waals surface area contributed by atoms with Gasteiger partial charge in [0, 0.05) is 11.1 Å². The minimum absolute atomic E-state index is 0.0647. The van der Waals surface area contributed by atoms with Gasteiger partial charge < -0.3 is 5.11 Å². The molecule has 164 valence electrons. The van der Waals surface area contributed by atoms with Crippen molar-refractivity contribution in [2.45, 2.75) is 86.2 Å². The van der Waals surface area contributed by atoms with Crippen molar-refractivity contribution in [2.24, 2.45) is 0 Å². The Morgan fingerprint density at radius 3 is 2.17 bits per heavy atom. The topological polar surface area (TPSA) is 54.4 Å². The van der Waals surface area contributed by atoms with Gasteiger partial charge in [0.1, 0.15) is 0 Å². The average Bonchev–Trinajstić information content (AvgIpc) is 2.63. The van der Waals surface area contributed by atoms with Gasteiger partial charge in [-0.05, 0) is 92.2 Å². The fraction of sp³-hybridized carbons (Fsp3) is 0.481. The summed E-state index contributed by atoms with van der Waals surface area (Å²) in [5.74, 6) is -0.140. The van der Waals surface area contributed by atoms with E-state index in [2.05, 4.69) is 39.8 Å². The summed E-state index contributed by atoms with van der Waals surface area (Å²) in [5, 5.41) is 10.3. The third-order valence-electron chi connectivity index (χ3n) is 5.16. The molecule has 0 aromatic carbocycles. The molecule has 3 heteroatoms. The monoisotopic (exact) mass is 410 g/mol. The molecule has 0 fully saturated rings. The van der Waals surface area contributed by atoms with Gasteiger partial charge in [-0.1, -0.05) is 46.6 Å². The fourth-order valence-corrected chi connectivity index (χ4v) is 3.27. The fourth-order valence-electron chi connectivity index (χ4n) is 3.27. The van der Waals surface area contributed by atoms with Crippen LogP contribution in [0.15, 0.2) is 69.9 Å². The van der Waals surface area contributed by atoms with Gasteiger partial charge >= 0.3 is 0 Å². The first-order valence-corrected chi connectivity index (χ1v) is 10.9. The van der Waals surface area contributed by atoms with Crippen LogP contribution < -0.4 is 0 Å². The van der Waals surface area contributed by atoms with Crippen LogP contribution in [0.1, 0.15) is 80.1 Å². The van der Waals surface area contributed by atoms with Crippen molar-refractivity contribution < 1.29 is 14.7 Å². The Labute approximate surface area is 182 Å². The Bertz CT molecular complexity index is 809. The molecule has 0 aromatic heterocycles. The first kappa shape index (κ1) is 25.8. The molecular formula is C27H38O3. The summed E-state index contributed by atoms with van der Waals surface area (Å²) < 4.78 is 0. The lowest BCUT2D eigenvalue weighted by atomic mass is 9.95. The van der Waals surface area contributed by atoms with Gasteiger partial charge in [0.2, 0.25) is 0 Å². The van der Waals surface area contributed by atoms with Crippen molar-refractivity contribution >= 4 is 11.6 Å². The molecule has 30 heavy (non-hydrogen) atoms. The van der Waals surface area contributed by atoms with E-state index in [0.717, 1.165) is 25.7 Å². The number of aliphatic hydroxyl groups excluding tert-OH is 1. The maximum absolute atomic E-state index is 12.0. The first-order chi connectivity index (χ1) is 14.1. The second kappa shape index (κ2) is 13.1. The minimum atomic E-state index is -0.442. The predicted molar refractivity (Wildman–Crippen MR) is 126 cm³/mol. The van der Waals surface area contributed by atoms with E-state index in [9.17, 15) is 14.7 Å². The van der Waals surface area contributed by atoms with Crippen molar-refractivity contribution in [3.63, 3.8) is 0 Å². The Hall–Kier alpha value is -2.26. The highest BCUT2D eigenvalue weighted by Crippen LogP contribution is 2.18. The lowest BCUT2D eigenvalue weighted by Gasteiger charge is -2.09. The van der Waals surface area contributed by atoms with Crippen molar-refractivity contribution in [3.8, 4) is 0 Å². The van der Waals surface area contributed by atoms with E-state index in [1.165, 1.54) is 34.4 Å². The van der Waals surface area contributed by atoms with Crippen molar-refractivity contribution in [2.75, 3.05) is 0 Å². The highest BCUT2D eigenvalue weighted by atomic mass is 16.3. The van der Waals surface area contributed by atoms with Crippen molar-refractivity contribution in [1.29, 1.82) is 0 Å². The number of aliphatic hydroxyl groups is 1. The molecule has 1 N–H and O–H groups in total. The molecule has 0 bridgehead atoms. The average molecular weight is 411 g/mol. The molecule has 0 saturated heterocycles. The Morgan fingerprint density at radius 2 is 1.50 bits per heavy atom. The lowest BCUT2D eigenvalue weighted by Crippen LogP contribution is -2.11. The standard InChI is InChI=1S/C27H38O3/c1-19(2)9-7-11-21(4)15-25(28)16-22(5)12-8-10-20(3)13-14-24-18-26(29)23(6)17-27(24)30/h9,12-13,15,17-18,25,28H,7-8,10-11,14,16H2,1-6H3/b20-13+,21-15+,22-12+/t25-/m1/s1. The van der Waals surface area contributed by atoms with Gasteiger partial charge in [-0.2, -0.15) is 0 Å². The molecule has 0 heterocycles. The molecule has 1 rings (SSSR count). The van der Waals surface area contributed by atoms with Crippen LogP contribution in [0, 0.1) is 0 Å². The predicted octanol–water partition coefficient (Wildman–Crippen LogP) is 6.52. The number of carbonyl (C=O) groups is 2. The molecule has 0 amide bonds. The maximum Gasteiger partial charge on any atom is 0.182 e. The van der Waals surface area contributed by atoms with Crippen LogP contribution in [-0.4, -0.2) is 22.8 Å². The quantitative estimate of drug-likeness (QED) is 0.312. The van der Waals surface area contributed by atoms with E-state index >= 15 is 0 Å². The van der Waals surface area contributed by atoms with Gasteiger partial charge in [0.15, 0.2) is 11.6 Å². The zero-order valence-electron chi connectivity index (χ0n) is 19.5. The normalized spacial score (nSPS) is 17.0. The molecule has 0 unspecified atom stereocenters. The summed E-state index contributed by atoms with van der Waals surface area (Å²) in [7, 11) is 0. The van der Waals surface area contributed by atoms with Crippen LogP contribution in [0.2, 0.25) is 0 Å². The molecule has 1 atom stereocenters. The number of rotatable bonds is 11. The highest BCUT2D eigenvalue weighted by Gasteiger charge is 2.16. The molecule has 1 aliphatic rings. The molecule has 0 radical (unpaired) electrons. The molecule has 0 spiro atoms. The van der Waals surface area contributed by atoms with Crippen LogP contribution in [-0.2, 0) is 9.59 Å². The molecule has 3 nitrogen and oxygen atoms in total. The van der Waals surface area contributed by atoms with E-state index in [4.69, 9.17) is 0 Å². The van der Waals surface area contributed by atoms with Gasteiger partial charge in [0.25, 0.3) is 0 Å². The van der Waals surface area contributed by atoms with Gasteiger partial charge in [-0.15, -0.1) is 0 Å². The van der Waals surface area contributed by atoms with Crippen LogP contribution >= 0.6 is 0 Å². The van der Waals surface area contributed by atoms with Gasteiger partial charge in [-0.25, -0.2) is 0 Å². The third-order valence-corrected chi connectivity index (χ3v) is 5.16. The zero-order chi connectivity index (χ0) is 22.7.